The molecule has 142 heavy (non-hydrogen) atoms. The average molecular weight is 2070 g/mol. The van der Waals surface area contributed by atoms with Crippen molar-refractivity contribution in [1.82, 2.24) is 52.8 Å². The zero-order valence-electron chi connectivity index (χ0n) is 78.5. The lowest BCUT2D eigenvalue weighted by atomic mass is 9.85. The lowest BCUT2D eigenvalue weighted by molar-refractivity contribution is -0.334. The third-order valence-corrected chi connectivity index (χ3v) is 29.7. The van der Waals surface area contributed by atoms with E-state index in [1.54, 1.807) is 27.7 Å². The van der Waals surface area contributed by atoms with Gasteiger partial charge in [0.05, 0.1) is 60.0 Å². The molecule has 0 saturated carbocycles. The van der Waals surface area contributed by atoms with Gasteiger partial charge in [-0.05, 0) is 160 Å². The number of nitrogens with two attached hydrogens (primary N) is 1. The summed E-state index contributed by atoms with van der Waals surface area (Å²) in [6.45, 7) is 7.80. The predicted octanol–water partition coefficient (Wildman–Crippen LogP) is 4.58. The summed E-state index contributed by atoms with van der Waals surface area (Å²) in [5, 5.41) is 142. The molecule has 2 saturated heterocycles. The third-order valence-electron chi connectivity index (χ3n) is 25.2. The number of phenols is 3. The third kappa shape index (κ3) is 28.1. The van der Waals surface area contributed by atoms with E-state index in [-0.39, 0.29) is 60.8 Å². The standard InChI is InChI=1S/C94H123Cl2N11O33P2/c1-7-8-9-10-11-12-13-14-28-99-29-30-100-94(5)43-70(135-47(4)85(94)119)139-84-82(118)81(117)68(45-109)138-93(84)140-83-66-39-52-40-67(83)137-65-26-21-51(38-58(65)96)79(115)77-91(125)104-75(92(126)127)55-41-63(112)56(44-107(32-33-108)31-27-61(110)48-17-22-53(23-18-48)134-34-15-16-71(141(128,129)130)142(131,132)133)80(116)72(55)54-36-49(19-24-62(54)111)73(88(122)106-77)103-89(123)74(52)102-87(121)60(42-69(97)113)101-90(124)76(105-86(120)59(98-6)35-46(2)3)78(114)50-20-25-64(136-66)57(95)37-50/h17-26,33,36-41,46-47,59-60,68,70-71,73-79,81-82,84-85,93,98-100,109,111-112,114-119H,7-16,27-32,34-35,42-45H2,1-6H3,(H2,97,113)(H,101,124)(H,102,121)(H,103,123)(H,104,125)(H,105,120)(H,106,122)(H,126,127)(H2,128,129,130)(H2,131,132,133). The summed E-state index contributed by atoms with van der Waals surface area (Å²) >= 11 is 14.4. The predicted molar refractivity (Wildman–Crippen MR) is 508 cm³/mol. The average Bonchev–Trinajstić information content (AvgIpc) is 0.751. The second-order valence-electron chi connectivity index (χ2n) is 36.3. The SMILES string of the molecule is CCCCCCCCCCNCCNC1(C)CC(OC2C(Oc3c4cc5cc3Oc3ccc(cc3Cl)C(O)C3NC(=O)C(NC(=O)C5NC(=O)C(CC(N)=O)NC(=O)C(NC(=O)C(CC(C)C)NC)C(O)c5ccc(c(Cl)c5)O4)c4ccc(O)c(c4)-c4c(cc(O)c(CN(CC=O)CCC(=O)c5ccc(OCCCC(P(=O)(O)O)P(=O)(O)O)cc5)c4O)C(C(=O)O)NC3=O)OC(CO)C(O)C2O)OC(C)C1O. The lowest BCUT2D eigenvalue weighted by Crippen LogP contribution is -2.65. The first-order valence-corrected chi connectivity index (χ1v) is 50.5. The number of benzene rings is 6. The van der Waals surface area contributed by atoms with Crippen LogP contribution < -0.4 is 72.5 Å². The molecule has 25 N–H and O–H groups in total. The van der Waals surface area contributed by atoms with Crippen molar-refractivity contribution in [2.45, 2.75) is 246 Å². The number of halogens is 2. The topological polar surface area (TPSA) is 690 Å². The number of phenolic OH excluding ortho intramolecular Hbond substituents is 3. The van der Waals surface area contributed by atoms with Gasteiger partial charge in [-0.3, -0.25) is 52.4 Å². The van der Waals surface area contributed by atoms with Crippen molar-refractivity contribution in [3.8, 4) is 62.9 Å². The fourth-order valence-corrected chi connectivity index (χ4v) is 20.6. The molecule has 7 heterocycles. The zero-order valence-corrected chi connectivity index (χ0v) is 81.8. The molecular formula is C94H123Cl2N11O33P2. The maximum atomic E-state index is 16.6. The molecule has 7 aliphatic rings. The summed E-state index contributed by atoms with van der Waals surface area (Å²) in [4.78, 5) is 186. The Bertz CT molecular complexity index is 5610. The number of aromatic hydroxyl groups is 3. The number of likely N-dealkylation sites (N-methyl/N-ethyl adjacent to an activating group) is 1. The molecular weight excluding hydrogens is 1940 g/mol. The number of fused-ring (bicyclic) bond motifs is 15. The summed E-state index contributed by atoms with van der Waals surface area (Å²) in [6, 6.07) is 2.60. The number of carbonyl (C=O) groups is 10. The summed E-state index contributed by atoms with van der Waals surface area (Å²) < 4.78 is 68.8. The van der Waals surface area contributed by atoms with Crippen LogP contribution in [0.4, 0.5) is 0 Å². The van der Waals surface area contributed by atoms with Gasteiger partial charge in [-0.1, -0.05) is 107 Å². The molecule has 13 rings (SSSR count). The van der Waals surface area contributed by atoms with Gasteiger partial charge in [-0.2, -0.15) is 0 Å². The van der Waals surface area contributed by atoms with Crippen LogP contribution in [0.15, 0.2) is 97.1 Å². The number of aliphatic hydroxyl groups is 6. The Labute approximate surface area is 826 Å². The van der Waals surface area contributed by atoms with Gasteiger partial charge in [0.1, 0.15) is 102 Å². The highest BCUT2D eigenvalue weighted by Crippen LogP contribution is 2.62. The molecule has 2 fully saturated rings. The monoisotopic (exact) mass is 2070 g/mol. The van der Waals surface area contributed by atoms with Crippen molar-refractivity contribution >= 4 is 97.8 Å². The molecule has 44 nitrogen and oxygen atoms in total. The van der Waals surface area contributed by atoms with E-state index in [4.69, 9.17) is 62.1 Å². The maximum absolute atomic E-state index is 16.6. The number of ketones is 1. The Morgan fingerprint density at radius 1 is 0.690 bits per heavy atom. The highest BCUT2D eigenvalue weighted by molar-refractivity contribution is 7.70. The van der Waals surface area contributed by atoms with Crippen molar-refractivity contribution in [1.29, 1.82) is 0 Å². The Morgan fingerprint density at radius 2 is 1.30 bits per heavy atom. The summed E-state index contributed by atoms with van der Waals surface area (Å²) in [5.74, 6) is -17.9. The molecule has 48 heteroatoms. The van der Waals surface area contributed by atoms with E-state index >= 15 is 24.0 Å². The smallest absolute Gasteiger partial charge is 0.340 e. The van der Waals surface area contributed by atoms with Crippen LogP contribution in [-0.4, -0.2) is 272 Å². The van der Waals surface area contributed by atoms with E-state index in [2.05, 4.69) is 54.8 Å². The zero-order chi connectivity index (χ0) is 104. The molecule has 0 spiro atoms. The maximum Gasteiger partial charge on any atom is 0.340 e. The number of ether oxygens (including phenoxy) is 7. The molecule has 0 radical (unpaired) electrons. The second-order valence-corrected chi connectivity index (χ2v) is 41.1. The second kappa shape index (κ2) is 49.8. The Hall–Kier alpha value is -10.6. The number of aliphatic hydroxyl groups excluding tert-OH is 6. The number of amides is 7. The Balaban J connectivity index is 1.04. The van der Waals surface area contributed by atoms with E-state index in [0.717, 1.165) is 99.3 Å². The van der Waals surface area contributed by atoms with Crippen LogP contribution in [0.2, 0.25) is 10.0 Å². The van der Waals surface area contributed by atoms with Gasteiger partial charge in [0.15, 0.2) is 41.1 Å². The number of Topliss-reactive ketones (excluding diaryl/α,β-unsaturated/α-hetero) is 1. The minimum atomic E-state index is -5.21. The van der Waals surface area contributed by atoms with E-state index in [0.29, 0.717) is 19.4 Å². The van der Waals surface area contributed by atoms with Crippen LogP contribution in [0, 0.1) is 5.92 Å². The molecule has 6 aromatic carbocycles. The first-order chi connectivity index (χ1) is 67.3. The molecule has 0 aromatic heterocycles. The number of carboxylic acids is 1. The number of primary amides is 1. The summed E-state index contributed by atoms with van der Waals surface area (Å²) in [5.41, 5.74) is 0.497. The minimum absolute atomic E-state index is 0.0715. The van der Waals surface area contributed by atoms with Gasteiger partial charge in [0.25, 0.3) is 0 Å². The van der Waals surface area contributed by atoms with Crippen LogP contribution in [0.25, 0.3) is 11.1 Å². The number of unbranched alkanes of at least 4 members (excludes halogenated alkanes) is 7. The van der Waals surface area contributed by atoms with Crippen molar-refractivity contribution in [3.63, 3.8) is 0 Å². The fourth-order valence-electron chi connectivity index (χ4n) is 17.5. The van der Waals surface area contributed by atoms with Crippen molar-refractivity contribution in [2.24, 2.45) is 11.7 Å². The molecule has 776 valence electrons. The number of carboxylic acid groups (broad SMARTS) is 1. The summed E-state index contributed by atoms with van der Waals surface area (Å²) in [6.07, 6.45) is -10.8. The van der Waals surface area contributed by atoms with E-state index in [1.165, 1.54) is 67.6 Å². The largest absolute Gasteiger partial charge is 0.507 e. The molecule has 18 unspecified atom stereocenters. The van der Waals surface area contributed by atoms with Crippen LogP contribution in [0.5, 0.6) is 51.7 Å². The van der Waals surface area contributed by atoms with Crippen molar-refractivity contribution in [3.05, 3.63) is 146 Å². The van der Waals surface area contributed by atoms with Gasteiger partial charge in [0, 0.05) is 66.8 Å². The van der Waals surface area contributed by atoms with Crippen LogP contribution in [-0.2, 0) is 73.0 Å². The molecule has 11 bridgehead atoms. The molecule has 7 amide bonds. The highest BCUT2D eigenvalue weighted by Gasteiger charge is 2.53. The van der Waals surface area contributed by atoms with Crippen LogP contribution in [0.1, 0.15) is 199 Å². The van der Waals surface area contributed by atoms with Gasteiger partial charge in [-0.15, -0.1) is 0 Å². The number of nitrogens with one attached hydrogen (secondary N) is 9. The first kappa shape index (κ1) is 112. The normalized spacial score (nSPS) is 24.6. The van der Waals surface area contributed by atoms with Gasteiger partial charge >= 0.3 is 21.2 Å². The molecule has 6 aromatic rings. The van der Waals surface area contributed by atoms with Gasteiger partial charge in [0.2, 0.25) is 53.4 Å². The van der Waals surface area contributed by atoms with Gasteiger partial charge in [-0.25, -0.2) is 4.79 Å². The summed E-state index contributed by atoms with van der Waals surface area (Å²) in [7, 11) is -8.97. The van der Waals surface area contributed by atoms with Crippen LogP contribution in [0.3, 0.4) is 0 Å². The Kier molecular flexibility index (Phi) is 39.2. The van der Waals surface area contributed by atoms with E-state index in [1.807, 2.05) is 0 Å². The Morgan fingerprint density at radius 3 is 1.90 bits per heavy atom. The van der Waals surface area contributed by atoms with Gasteiger partial charge < -0.3 is 162 Å². The minimum Gasteiger partial charge on any atom is -0.507 e. The highest BCUT2D eigenvalue weighted by atomic mass is 35.5. The van der Waals surface area contributed by atoms with E-state index in [9.17, 15) is 104 Å². The van der Waals surface area contributed by atoms with Crippen LogP contribution >= 0.6 is 38.4 Å². The number of hydrogen-bond donors (Lipinski definition) is 24. The fraction of sp³-hybridized carbons (Fsp3) is 0.511. The number of aliphatic carboxylic acids is 1. The number of nitrogens with zero attached hydrogens (tertiary/aromatic N) is 1. The van der Waals surface area contributed by atoms with Crippen molar-refractivity contribution < 1.29 is 161 Å². The number of carbonyl (C=O) groups excluding carboxylic acids is 9. The number of hydrogen-bond acceptors (Lipinski definition) is 32. The molecule has 7 aliphatic heterocycles. The number of rotatable bonds is 41. The lowest BCUT2D eigenvalue weighted by Gasteiger charge is -2.48. The first-order valence-electron chi connectivity index (χ1n) is 46.4. The van der Waals surface area contributed by atoms with Crippen molar-refractivity contribution in [2.75, 3.05) is 53.0 Å². The quantitative estimate of drug-likeness (QED) is 0.0108. The molecule has 18 atom stereocenters. The molecule has 0 aliphatic carbocycles. The van der Waals surface area contributed by atoms with E-state index < -0.39 is 311 Å². The number of aldehydes is 1.